The summed E-state index contributed by atoms with van der Waals surface area (Å²) in [7, 11) is 3.43. The van der Waals surface area contributed by atoms with Gasteiger partial charge >= 0.3 is 0 Å². The number of aromatic hydroxyl groups is 2. The number of carbonyl (C=O) groups excluding carboxylic acids is 1. The number of hydrogen-bond acceptors (Lipinski definition) is 13. The summed E-state index contributed by atoms with van der Waals surface area (Å²) in [6.07, 6.45) is 9.43. The lowest BCUT2D eigenvalue weighted by Gasteiger charge is -2.40. The maximum Gasteiger partial charge on any atom is 0.270 e. The molecule has 61 heavy (non-hydrogen) atoms. The minimum Gasteiger partial charge on any atom is -0.507 e. The Bertz CT molecular complexity index is 3070. The van der Waals surface area contributed by atoms with E-state index >= 15 is 0 Å². The number of anilines is 2. The first-order chi connectivity index (χ1) is 29.4. The van der Waals surface area contributed by atoms with Gasteiger partial charge in [-0.15, -0.1) is 0 Å². The van der Waals surface area contributed by atoms with E-state index in [9.17, 15) is 15.0 Å². The molecule has 8 aromatic rings. The zero-order valence-electron chi connectivity index (χ0n) is 35.0. The van der Waals surface area contributed by atoms with Gasteiger partial charge in [-0.3, -0.25) is 9.48 Å². The Balaban J connectivity index is 0.852. The number of fused-ring (bicyclic) bond motifs is 4. The molecule has 2 fully saturated rings. The lowest BCUT2D eigenvalue weighted by molar-refractivity contribution is 0.0960. The Hall–Kier alpha value is -6.94. The van der Waals surface area contributed by atoms with E-state index in [0.717, 1.165) is 61.6 Å². The van der Waals surface area contributed by atoms with Crippen LogP contribution in [0.15, 0.2) is 61.2 Å². The van der Waals surface area contributed by atoms with Crippen LogP contribution in [0.2, 0.25) is 0 Å². The Labute approximate surface area is 351 Å². The van der Waals surface area contributed by atoms with Crippen molar-refractivity contribution in [1.82, 2.24) is 54.7 Å². The lowest BCUT2D eigenvalue weighted by Crippen LogP contribution is -2.56. The molecular weight excluding hydrogens is 771 g/mol. The normalized spacial score (nSPS) is 18.3. The fourth-order valence-corrected chi connectivity index (χ4v) is 9.29. The number of phenols is 1. The zero-order chi connectivity index (χ0) is 42.3. The Morgan fingerprint density at radius 1 is 0.852 bits per heavy atom. The molecule has 4 N–H and O–H groups in total. The molecule has 2 aliphatic heterocycles. The highest BCUT2D eigenvalue weighted by Crippen LogP contribution is 2.38. The van der Waals surface area contributed by atoms with Crippen LogP contribution < -0.4 is 20.4 Å². The van der Waals surface area contributed by atoms with Crippen LogP contribution in [0.1, 0.15) is 47.1 Å². The first-order valence-electron chi connectivity index (χ1n) is 20.7. The smallest absolute Gasteiger partial charge is 0.270 e. The minimum absolute atomic E-state index is 0.0435. The number of rotatable bonds is 7. The number of imidazole rings is 1. The van der Waals surface area contributed by atoms with Crippen molar-refractivity contribution in [3.05, 3.63) is 83.7 Å². The van der Waals surface area contributed by atoms with Gasteiger partial charge in [0.15, 0.2) is 11.6 Å². The molecule has 0 aliphatic carbocycles. The van der Waals surface area contributed by atoms with Gasteiger partial charge in [-0.25, -0.2) is 29.9 Å². The number of aromatic nitrogens is 9. The van der Waals surface area contributed by atoms with Gasteiger partial charge in [0.2, 0.25) is 0 Å². The number of benzene rings is 2. The van der Waals surface area contributed by atoms with E-state index < -0.39 is 0 Å². The number of carbonyl (C=O) groups is 1. The first-order valence-corrected chi connectivity index (χ1v) is 20.7. The molecule has 8 heterocycles. The SMILES string of the molecule is CNC(=O)c1nc(-c2cc3cn(C)nc3c(C)c2O)nc2ccc(N3C[C@@H](CC4CCN(c5ccc6nc(-c7cn8cc(C)nc8c(C)c7O)ncc6n5)C4)N[C@@H](C)C3)cc12. The topological polar surface area (TPSA) is 188 Å². The fraction of sp³-hybridized carbons (Fsp3) is 0.333. The molecule has 2 aliphatic rings. The summed E-state index contributed by atoms with van der Waals surface area (Å²) >= 11 is 0. The molecule has 10 rings (SSSR count). The second-order valence-electron chi connectivity index (χ2n) is 16.7. The van der Waals surface area contributed by atoms with Crippen molar-refractivity contribution < 1.29 is 15.0 Å². The zero-order valence-corrected chi connectivity index (χ0v) is 35.0. The van der Waals surface area contributed by atoms with Crippen LogP contribution in [0.5, 0.6) is 11.5 Å². The molecule has 0 radical (unpaired) electrons. The van der Waals surface area contributed by atoms with E-state index in [1.165, 1.54) is 0 Å². The van der Waals surface area contributed by atoms with Crippen LogP contribution in [0.3, 0.4) is 0 Å². The summed E-state index contributed by atoms with van der Waals surface area (Å²) in [6, 6.07) is 12.4. The largest absolute Gasteiger partial charge is 0.507 e. The third-order valence-corrected chi connectivity index (χ3v) is 12.3. The minimum atomic E-state index is -0.325. The van der Waals surface area contributed by atoms with Crippen molar-refractivity contribution in [2.24, 2.45) is 13.0 Å². The lowest BCUT2D eigenvalue weighted by atomic mass is 9.96. The molecule has 6 aromatic heterocycles. The number of nitrogens with zero attached hydrogens (tertiary/aromatic N) is 11. The van der Waals surface area contributed by atoms with Gasteiger partial charge in [0, 0.05) is 98.5 Å². The highest BCUT2D eigenvalue weighted by Gasteiger charge is 2.31. The van der Waals surface area contributed by atoms with Crippen molar-refractivity contribution in [3.8, 4) is 34.3 Å². The molecule has 0 bridgehead atoms. The number of pyridine rings is 2. The standard InChI is InChI=1S/C45H47N13O3/c1-23-17-57(30-7-8-34-31(15-30)39(45(61)46-5)53-43(51-34)32-14-28-20-55(6)54-38(28)25(3)40(32)59)21-29(48-23)13-27-11-12-56(19-27)37-10-9-35-36(50-37)16-47-42(52-35)33-22-58-18-24(2)49-44(58)26(4)41(33)60/h7-10,14-16,18,20,22-23,27,29,48,59-60H,11-13,17,19,21H2,1-6H3,(H,46,61)/t23-,27?,29+/m0/s1. The second kappa shape index (κ2) is 14.7. The summed E-state index contributed by atoms with van der Waals surface area (Å²) in [6.45, 7) is 11.2. The van der Waals surface area contributed by atoms with E-state index in [-0.39, 0.29) is 41.0 Å². The Morgan fingerprint density at radius 2 is 1.66 bits per heavy atom. The highest BCUT2D eigenvalue weighted by atomic mass is 16.3. The molecular formula is C45H47N13O3. The molecule has 0 saturated carbocycles. The summed E-state index contributed by atoms with van der Waals surface area (Å²) in [5.74, 6) is 1.94. The molecule has 3 atom stereocenters. The van der Waals surface area contributed by atoms with Gasteiger partial charge in [-0.2, -0.15) is 5.10 Å². The number of aryl methyl sites for hydroxylation is 4. The first kappa shape index (κ1) is 38.3. The third-order valence-electron chi connectivity index (χ3n) is 12.3. The van der Waals surface area contributed by atoms with E-state index in [2.05, 4.69) is 48.5 Å². The van der Waals surface area contributed by atoms with Crippen LogP contribution in [0, 0.1) is 26.7 Å². The van der Waals surface area contributed by atoms with Crippen molar-refractivity contribution in [3.63, 3.8) is 0 Å². The summed E-state index contributed by atoms with van der Waals surface area (Å²) in [5.41, 5.74) is 7.88. The number of nitrogens with one attached hydrogen (secondary N) is 2. The quantitative estimate of drug-likeness (QED) is 0.156. The fourth-order valence-electron chi connectivity index (χ4n) is 9.29. The van der Waals surface area contributed by atoms with Crippen molar-refractivity contribution >= 4 is 55.9 Å². The molecule has 16 heteroatoms. The van der Waals surface area contributed by atoms with E-state index in [1.807, 2.05) is 81.1 Å². The van der Waals surface area contributed by atoms with Gasteiger partial charge in [-0.05, 0) is 82.9 Å². The molecule has 16 nitrogen and oxygen atoms in total. The summed E-state index contributed by atoms with van der Waals surface area (Å²) < 4.78 is 3.61. The van der Waals surface area contributed by atoms with E-state index in [1.54, 1.807) is 17.9 Å². The van der Waals surface area contributed by atoms with Gasteiger partial charge in [0.1, 0.15) is 34.2 Å². The molecule has 2 saturated heterocycles. The van der Waals surface area contributed by atoms with Crippen LogP contribution >= 0.6 is 0 Å². The predicted molar refractivity (Wildman–Crippen MR) is 235 cm³/mol. The summed E-state index contributed by atoms with van der Waals surface area (Å²) in [5, 5.41) is 34.8. The van der Waals surface area contributed by atoms with Crippen molar-refractivity contribution in [1.29, 1.82) is 0 Å². The highest BCUT2D eigenvalue weighted by molar-refractivity contribution is 6.06. The van der Waals surface area contributed by atoms with E-state index in [4.69, 9.17) is 19.9 Å². The maximum atomic E-state index is 13.4. The molecule has 1 unspecified atom stereocenters. The van der Waals surface area contributed by atoms with Crippen molar-refractivity contribution in [2.75, 3.05) is 43.0 Å². The Morgan fingerprint density at radius 3 is 2.49 bits per heavy atom. The number of piperazine rings is 1. The number of amides is 1. The molecule has 1 amide bonds. The van der Waals surface area contributed by atoms with Gasteiger partial charge in [-0.1, -0.05) is 0 Å². The van der Waals surface area contributed by atoms with Gasteiger partial charge in [0.05, 0.1) is 39.6 Å². The third kappa shape index (κ3) is 6.76. The van der Waals surface area contributed by atoms with Gasteiger partial charge in [0.25, 0.3) is 5.91 Å². The van der Waals surface area contributed by atoms with Crippen LogP contribution in [0.4, 0.5) is 11.5 Å². The molecule has 0 spiro atoms. The second-order valence-corrected chi connectivity index (χ2v) is 16.7. The molecule has 310 valence electrons. The van der Waals surface area contributed by atoms with Crippen LogP contribution in [0.25, 0.3) is 61.3 Å². The number of phenolic OH excluding ortho intramolecular Hbond substituents is 1. The van der Waals surface area contributed by atoms with Crippen LogP contribution in [-0.2, 0) is 7.05 Å². The average molecular weight is 818 g/mol. The van der Waals surface area contributed by atoms with E-state index in [0.29, 0.717) is 67.1 Å². The predicted octanol–water partition coefficient (Wildman–Crippen LogP) is 5.62. The maximum absolute atomic E-state index is 13.4. The molecule has 2 aromatic carbocycles. The van der Waals surface area contributed by atoms with Gasteiger partial charge < -0.3 is 35.0 Å². The van der Waals surface area contributed by atoms with Crippen molar-refractivity contribution in [2.45, 2.75) is 52.6 Å². The number of hydrogen-bond donors (Lipinski definition) is 4. The summed E-state index contributed by atoms with van der Waals surface area (Å²) in [4.78, 5) is 46.6. The monoisotopic (exact) mass is 817 g/mol. The Kier molecular flexibility index (Phi) is 9.19. The average Bonchev–Trinajstić information content (AvgIpc) is 3.99. The van der Waals surface area contributed by atoms with Crippen LogP contribution in [-0.4, -0.2) is 106 Å².